The molecule has 3 aromatic carbocycles. The lowest BCUT2D eigenvalue weighted by atomic mass is 10.0. The number of pyridine rings is 1. The van der Waals surface area contributed by atoms with Gasteiger partial charge in [-0.1, -0.05) is 41.9 Å². The van der Waals surface area contributed by atoms with Crippen LogP contribution in [-0.4, -0.2) is 21.6 Å². The molecule has 0 aliphatic rings. The quantitative estimate of drug-likeness (QED) is 0.222. The molecular weight excluding hydrogens is 450 g/mol. The van der Waals surface area contributed by atoms with Crippen molar-refractivity contribution in [2.45, 2.75) is 4.90 Å². The van der Waals surface area contributed by atoms with E-state index in [1.54, 1.807) is 18.2 Å². The molecule has 0 bridgehead atoms. The molecule has 0 unspecified atom stereocenters. The van der Waals surface area contributed by atoms with Crippen LogP contribution in [0.15, 0.2) is 82.5 Å². The van der Waals surface area contributed by atoms with Crippen molar-refractivity contribution in [3.8, 4) is 11.1 Å². The van der Waals surface area contributed by atoms with Gasteiger partial charge in [-0.05, 0) is 35.9 Å². The van der Waals surface area contributed by atoms with E-state index in [1.165, 1.54) is 24.3 Å². The molecule has 0 spiro atoms. The van der Waals surface area contributed by atoms with Gasteiger partial charge in [-0.15, -0.1) is 11.8 Å². The van der Waals surface area contributed by atoms with E-state index >= 15 is 0 Å². The fourth-order valence-corrected chi connectivity index (χ4v) is 4.35. The number of carbonyl (C=O) groups excluding carboxylic acids is 1. The van der Waals surface area contributed by atoms with Gasteiger partial charge in [0.2, 0.25) is 5.91 Å². The zero-order valence-corrected chi connectivity index (χ0v) is 18.1. The van der Waals surface area contributed by atoms with Crippen LogP contribution < -0.4 is 10.9 Å². The van der Waals surface area contributed by atoms with Crippen LogP contribution in [0.3, 0.4) is 0 Å². The standard InChI is InChI=1S/C23H16ClN3O4S/c24-15-6-11-19-18(12-15)21(14-4-2-1-3-5-14)22(23(29)26-19)32-13-20(28)25-16-7-9-17(10-8-16)27(30)31/h1-12H,13H2,(H,25,28)(H,26,29). The second-order valence-electron chi connectivity index (χ2n) is 6.86. The lowest BCUT2D eigenvalue weighted by Crippen LogP contribution is -2.16. The minimum absolute atomic E-state index is 0.0219. The third-order valence-electron chi connectivity index (χ3n) is 4.70. The number of nitrogens with one attached hydrogen (secondary N) is 2. The first-order chi connectivity index (χ1) is 15.4. The number of aromatic nitrogens is 1. The van der Waals surface area contributed by atoms with Gasteiger partial charge in [0.1, 0.15) is 0 Å². The van der Waals surface area contributed by atoms with Crippen LogP contribution in [-0.2, 0) is 4.79 Å². The number of nitro benzene ring substituents is 1. The van der Waals surface area contributed by atoms with Gasteiger partial charge >= 0.3 is 0 Å². The highest BCUT2D eigenvalue weighted by Gasteiger charge is 2.17. The summed E-state index contributed by atoms with van der Waals surface area (Å²) >= 11 is 7.33. The van der Waals surface area contributed by atoms with Crippen LogP contribution in [0.4, 0.5) is 11.4 Å². The van der Waals surface area contributed by atoms with Crippen LogP contribution in [0.1, 0.15) is 0 Å². The Balaban J connectivity index is 1.64. The van der Waals surface area contributed by atoms with Gasteiger partial charge in [0, 0.05) is 39.3 Å². The Bertz CT molecular complexity index is 1370. The van der Waals surface area contributed by atoms with Crippen molar-refractivity contribution in [1.29, 1.82) is 0 Å². The predicted molar refractivity (Wildman–Crippen MR) is 127 cm³/mol. The normalized spacial score (nSPS) is 10.8. The second-order valence-corrected chi connectivity index (χ2v) is 8.28. The number of hydrogen-bond acceptors (Lipinski definition) is 5. The maximum Gasteiger partial charge on any atom is 0.269 e. The van der Waals surface area contributed by atoms with Gasteiger partial charge in [0.25, 0.3) is 11.2 Å². The first-order valence-electron chi connectivity index (χ1n) is 9.50. The molecule has 1 heterocycles. The molecule has 7 nitrogen and oxygen atoms in total. The molecule has 32 heavy (non-hydrogen) atoms. The summed E-state index contributed by atoms with van der Waals surface area (Å²) in [5.74, 6) is -0.361. The van der Waals surface area contributed by atoms with E-state index in [1.807, 2.05) is 30.3 Å². The number of H-pyrrole nitrogens is 1. The molecule has 0 saturated carbocycles. The van der Waals surface area contributed by atoms with E-state index in [4.69, 9.17) is 11.6 Å². The van der Waals surface area contributed by atoms with E-state index in [0.29, 0.717) is 26.7 Å². The number of rotatable bonds is 6. The molecular formula is C23H16ClN3O4S. The summed E-state index contributed by atoms with van der Waals surface area (Å²) in [7, 11) is 0. The van der Waals surface area contributed by atoms with Crippen molar-refractivity contribution >= 4 is 51.5 Å². The van der Waals surface area contributed by atoms with E-state index in [2.05, 4.69) is 10.3 Å². The third-order valence-corrected chi connectivity index (χ3v) is 6.02. The molecule has 1 amide bonds. The highest BCUT2D eigenvalue weighted by atomic mass is 35.5. The molecule has 160 valence electrons. The summed E-state index contributed by atoms with van der Waals surface area (Å²) in [5.41, 5.74) is 2.27. The van der Waals surface area contributed by atoms with Gasteiger partial charge in [-0.25, -0.2) is 0 Å². The second kappa shape index (κ2) is 9.25. The van der Waals surface area contributed by atoms with Crippen LogP contribution in [0.2, 0.25) is 5.02 Å². The number of carbonyl (C=O) groups is 1. The van der Waals surface area contributed by atoms with Gasteiger partial charge in [-0.3, -0.25) is 19.7 Å². The molecule has 4 aromatic rings. The number of nitrogens with zero attached hydrogens (tertiary/aromatic N) is 1. The minimum atomic E-state index is -0.509. The van der Waals surface area contributed by atoms with Gasteiger partial charge in [-0.2, -0.15) is 0 Å². The Morgan fingerprint density at radius 3 is 2.47 bits per heavy atom. The molecule has 0 radical (unpaired) electrons. The number of amides is 1. The zero-order valence-electron chi connectivity index (χ0n) is 16.5. The monoisotopic (exact) mass is 465 g/mol. The summed E-state index contributed by atoms with van der Waals surface area (Å²) < 4.78 is 0. The Kier molecular flexibility index (Phi) is 6.25. The molecule has 0 atom stereocenters. The minimum Gasteiger partial charge on any atom is -0.325 e. The maximum atomic E-state index is 12.9. The summed E-state index contributed by atoms with van der Waals surface area (Å²) in [4.78, 5) is 38.9. The number of halogens is 1. The van der Waals surface area contributed by atoms with E-state index in [9.17, 15) is 19.7 Å². The average Bonchev–Trinajstić information content (AvgIpc) is 2.78. The number of aromatic amines is 1. The lowest BCUT2D eigenvalue weighted by molar-refractivity contribution is -0.384. The molecule has 0 saturated heterocycles. The summed E-state index contributed by atoms with van der Waals surface area (Å²) in [6, 6.07) is 20.2. The first-order valence-corrected chi connectivity index (χ1v) is 10.9. The number of nitro groups is 1. The Labute approximate surface area is 191 Å². The van der Waals surface area contributed by atoms with Gasteiger partial charge < -0.3 is 10.3 Å². The maximum absolute atomic E-state index is 12.9. The highest BCUT2D eigenvalue weighted by molar-refractivity contribution is 8.00. The highest BCUT2D eigenvalue weighted by Crippen LogP contribution is 2.35. The van der Waals surface area contributed by atoms with Gasteiger partial charge in [0.15, 0.2) is 0 Å². The topological polar surface area (TPSA) is 105 Å². The molecule has 9 heteroatoms. The SMILES string of the molecule is O=C(CSc1c(-c2ccccc2)c2cc(Cl)ccc2[nH]c1=O)Nc1ccc([N+](=O)[O-])cc1. The first kappa shape index (κ1) is 21.6. The van der Waals surface area contributed by atoms with E-state index in [-0.39, 0.29) is 22.9 Å². The Hall–Kier alpha value is -3.62. The van der Waals surface area contributed by atoms with Crippen LogP contribution in [0.5, 0.6) is 0 Å². The van der Waals surface area contributed by atoms with Crippen molar-refractivity contribution in [3.05, 3.63) is 98.3 Å². The van der Waals surface area contributed by atoms with Crippen LogP contribution >= 0.6 is 23.4 Å². The summed E-state index contributed by atoms with van der Waals surface area (Å²) in [6.07, 6.45) is 0. The van der Waals surface area contributed by atoms with Crippen LogP contribution in [0, 0.1) is 10.1 Å². The summed E-state index contributed by atoms with van der Waals surface area (Å²) in [6.45, 7) is 0. The average molecular weight is 466 g/mol. The van der Waals surface area contributed by atoms with Gasteiger partial charge in [0.05, 0.1) is 15.6 Å². The largest absolute Gasteiger partial charge is 0.325 e. The number of thioether (sulfide) groups is 1. The van der Waals surface area contributed by atoms with Crippen molar-refractivity contribution in [2.75, 3.05) is 11.1 Å². The molecule has 1 aromatic heterocycles. The molecule has 2 N–H and O–H groups in total. The number of hydrogen-bond donors (Lipinski definition) is 2. The number of fused-ring (bicyclic) bond motifs is 1. The third kappa shape index (κ3) is 4.66. The predicted octanol–water partition coefficient (Wildman–Crippen LogP) is 5.49. The van der Waals surface area contributed by atoms with E-state index < -0.39 is 4.92 Å². The van der Waals surface area contributed by atoms with E-state index in [0.717, 1.165) is 22.7 Å². The fourth-order valence-electron chi connectivity index (χ4n) is 3.28. The molecule has 4 rings (SSSR count). The number of benzene rings is 3. The fraction of sp³-hybridized carbons (Fsp3) is 0.0435. The van der Waals surface area contributed by atoms with Crippen molar-refractivity contribution in [2.24, 2.45) is 0 Å². The van der Waals surface area contributed by atoms with Crippen molar-refractivity contribution in [1.82, 2.24) is 4.98 Å². The van der Waals surface area contributed by atoms with Crippen molar-refractivity contribution in [3.63, 3.8) is 0 Å². The Morgan fingerprint density at radius 2 is 1.78 bits per heavy atom. The molecule has 0 aliphatic heterocycles. The smallest absolute Gasteiger partial charge is 0.269 e. The molecule has 0 fully saturated rings. The van der Waals surface area contributed by atoms with Crippen LogP contribution in [0.25, 0.3) is 22.0 Å². The summed E-state index contributed by atoms with van der Waals surface area (Å²) in [5, 5.41) is 14.8. The van der Waals surface area contributed by atoms with Crippen molar-refractivity contribution < 1.29 is 9.72 Å². The number of non-ortho nitro benzene ring substituents is 1. The molecule has 0 aliphatic carbocycles. The zero-order chi connectivity index (χ0) is 22.7. The lowest BCUT2D eigenvalue weighted by Gasteiger charge is -2.13. The number of anilines is 1. The Morgan fingerprint density at radius 1 is 1.06 bits per heavy atom.